The van der Waals surface area contributed by atoms with Gasteiger partial charge in [-0.15, -0.1) is 0 Å². The van der Waals surface area contributed by atoms with E-state index in [1.165, 1.54) is 6.92 Å². The molecule has 6 rings (SSSR count). The van der Waals surface area contributed by atoms with E-state index in [0.29, 0.717) is 22.5 Å². The summed E-state index contributed by atoms with van der Waals surface area (Å²) >= 11 is 0. The van der Waals surface area contributed by atoms with Crippen LogP contribution in [0, 0.1) is 11.8 Å². The van der Waals surface area contributed by atoms with Crippen molar-refractivity contribution in [3.63, 3.8) is 0 Å². The van der Waals surface area contributed by atoms with Gasteiger partial charge in [0, 0.05) is 34.6 Å². The second-order valence-corrected chi connectivity index (χ2v) is 9.11. The highest BCUT2D eigenvalue weighted by Gasteiger charge is 2.50. The van der Waals surface area contributed by atoms with Crippen molar-refractivity contribution in [2.45, 2.75) is 39.0 Å². The molecule has 4 heterocycles. The summed E-state index contributed by atoms with van der Waals surface area (Å²) in [6.45, 7) is 3.07. The van der Waals surface area contributed by atoms with Gasteiger partial charge in [-0.2, -0.15) is 0 Å². The second-order valence-electron chi connectivity index (χ2n) is 9.11. The average molecular weight is 491 g/mol. The van der Waals surface area contributed by atoms with Crippen LogP contribution < -0.4 is 5.56 Å². The van der Waals surface area contributed by atoms with Crippen molar-refractivity contribution >= 4 is 22.8 Å². The standard InChI is InChI=1S/C30H22N2O5/c1-3-30(37-18(2)33)24-15-26-27-22(16-32(26)28(34)23(24)17-36-29(30)35)20(14-13-19-9-5-4-6-10-19)21-11-7-8-12-25(21)31-27/h4-12,15H,3,16-17H2,1-2H3/t30-/m0/s1. The van der Waals surface area contributed by atoms with Crippen LogP contribution >= 0.6 is 0 Å². The fourth-order valence-corrected chi connectivity index (χ4v) is 5.23. The molecule has 2 aliphatic heterocycles. The predicted molar refractivity (Wildman–Crippen MR) is 136 cm³/mol. The zero-order valence-electron chi connectivity index (χ0n) is 20.3. The number of nitrogens with zero attached hydrogens (tertiary/aromatic N) is 2. The molecule has 7 nitrogen and oxygen atoms in total. The molecule has 2 aliphatic rings. The Bertz CT molecular complexity index is 1740. The van der Waals surface area contributed by atoms with Gasteiger partial charge in [-0.1, -0.05) is 55.2 Å². The maximum atomic E-state index is 13.7. The van der Waals surface area contributed by atoms with E-state index in [0.717, 1.165) is 27.6 Å². The molecule has 0 spiro atoms. The smallest absolute Gasteiger partial charge is 0.355 e. The van der Waals surface area contributed by atoms with Crippen LogP contribution in [0.4, 0.5) is 0 Å². The highest BCUT2D eigenvalue weighted by atomic mass is 16.6. The van der Waals surface area contributed by atoms with E-state index in [9.17, 15) is 14.4 Å². The summed E-state index contributed by atoms with van der Waals surface area (Å²) in [6, 6.07) is 19.2. The lowest BCUT2D eigenvalue weighted by Crippen LogP contribution is -2.47. The third kappa shape index (κ3) is 3.45. The molecule has 7 heteroatoms. The summed E-state index contributed by atoms with van der Waals surface area (Å²) in [4.78, 5) is 43.5. The minimum Gasteiger partial charge on any atom is -0.457 e. The monoisotopic (exact) mass is 490 g/mol. The average Bonchev–Trinajstić information content (AvgIpc) is 3.27. The number of carbonyl (C=O) groups is 2. The third-order valence-electron chi connectivity index (χ3n) is 6.99. The number of ether oxygens (including phenoxy) is 2. The molecule has 0 amide bonds. The maximum absolute atomic E-state index is 13.7. The van der Waals surface area contributed by atoms with E-state index in [1.54, 1.807) is 17.6 Å². The first-order valence-corrected chi connectivity index (χ1v) is 12.1. The maximum Gasteiger partial charge on any atom is 0.355 e. The van der Waals surface area contributed by atoms with E-state index in [4.69, 9.17) is 14.5 Å². The molecule has 182 valence electrons. The number of para-hydroxylation sites is 1. The van der Waals surface area contributed by atoms with Gasteiger partial charge in [0.2, 0.25) is 5.60 Å². The first-order valence-electron chi connectivity index (χ1n) is 12.1. The molecular formula is C30H22N2O5. The largest absolute Gasteiger partial charge is 0.457 e. The number of hydrogen-bond donors (Lipinski definition) is 0. The van der Waals surface area contributed by atoms with Crippen molar-refractivity contribution in [2.24, 2.45) is 0 Å². The van der Waals surface area contributed by atoms with Crippen LogP contribution in [0.2, 0.25) is 0 Å². The molecule has 1 atom stereocenters. The molecule has 0 saturated heterocycles. The normalized spacial score (nSPS) is 17.2. The molecule has 2 aromatic carbocycles. The Morgan fingerprint density at radius 1 is 1.08 bits per heavy atom. The van der Waals surface area contributed by atoms with Crippen LogP contribution in [0.5, 0.6) is 0 Å². The Kier molecular flexibility index (Phi) is 5.20. The van der Waals surface area contributed by atoms with Crippen molar-refractivity contribution in [1.29, 1.82) is 0 Å². The van der Waals surface area contributed by atoms with Crippen LogP contribution in [0.1, 0.15) is 48.1 Å². The highest BCUT2D eigenvalue weighted by Crippen LogP contribution is 2.41. The number of hydrogen-bond acceptors (Lipinski definition) is 6. The highest BCUT2D eigenvalue weighted by molar-refractivity contribution is 5.92. The fraction of sp³-hybridized carbons (Fsp3) is 0.200. The Balaban J connectivity index is 1.62. The lowest BCUT2D eigenvalue weighted by Gasteiger charge is -2.35. The third-order valence-corrected chi connectivity index (χ3v) is 6.99. The molecular weight excluding hydrogens is 468 g/mol. The Hall–Kier alpha value is -4.70. The predicted octanol–water partition coefficient (Wildman–Crippen LogP) is 4.05. The number of carbonyl (C=O) groups excluding carboxylic acids is 2. The zero-order chi connectivity index (χ0) is 25.7. The minimum atomic E-state index is -1.68. The van der Waals surface area contributed by atoms with Gasteiger partial charge in [-0.3, -0.25) is 9.59 Å². The molecule has 0 fully saturated rings. The zero-order valence-corrected chi connectivity index (χ0v) is 20.3. The van der Waals surface area contributed by atoms with E-state index in [-0.39, 0.29) is 25.1 Å². The van der Waals surface area contributed by atoms with E-state index in [2.05, 4.69) is 11.8 Å². The van der Waals surface area contributed by atoms with Crippen LogP contribution in [-0.4, -0.2) is 21.5 Å². The number of esters is 2. The van der Waals surface area contributed by atoms with Crippen LogP contribution in [0.3, 0.4) is 0 Å². The van der Waals surface area contributed by atoms with Crippen molar-refractivity contribution in [3.8, 4) is 23.2 Å². The number of pyridine rings is 2. The Morgan fingerprint density at radius 3 is 2.59 bits per heavy atom. The Morgan fingerprint density at radius 2 is 1.84 bits per heavy atom. The van der Waals surface area contributed by atoms with Crippen molar-refractivity contribution in [2.75, 3.05) is 0 Å². The van der Waals surface area contributed by atoms with Gasteiger partial charge in [0.25, 0.3) is 5.56 Å². The van der Waals surface area contributed by atoms with Crippen LogP contribution in [-0.2, 0) is 37.8 Å². The van der Waals surface area contributed by atoms with Crippen molar-refractivity contribution in [1.82, 2.24) is 9.55 Å². The van der Waals surface area contributed by atoms with E-state index < -0.39 is 17.5 Å². The van der Waals surface area contributed by atoms with Crippen molar-refractivity contribution < 1.29 is 19.1 Å². The minimum absolute atomic E-state index is 0.132. The summed E-state index contributed by atoms with van der Waals surface area (Å²) in [5.41, 5.74) is 3.15. The lowest BCUT2D eigenvalue weighted by molar-refractivity contribution is -0.188. The van der Waals surface area contributed by atoms with Gasteiger partial charge >= 0.3 is 11.9 Å². The summed E-state index contributed by atoms with van der Waals surface area (Å²) in [6.07, 6.45) is 0.132. The molecule has 0 unspecified atom stereocenters. The van der Waals surface area contributed by atoms with E-state index >= 15 is 0 Å². The molecule has 0 aliphatic carbocycles. The van der Waals surface area contributed by atoms with Gasteiger partial charge in [0.05, 0.1) is 29.0 Å². The SMILES string of the molecule is CC[C@@]1(OC(C)=O)C(=O)OCc2c1cc1n(c2=O)Cc2c-1nc1ccccc1c2C#Cc1ccccc1. The number of rotatable bonds is 2. The molecule has 4 aromatic rings. The summed E-state index contributed by atoms with van der Waals surface area (Å²) in [7, 11) is 0. The first kappa shape index (κ1) is 22.7. The quantitative estimate of drug-likeness (QED) is 0.274. The van der Waals surface area contributed by atoms with Crippen molar-refractivity contribution in [3.05, 3.63) is 98.8 Å². The van der Waals surface area contributed by atoms with E-state index in [1.807, 2.05) is 54.6 Å². The summed E-state index contributed by atoms with van der Waals surface area (Å²) < 4.78 is 12.5. The molecule has 0 saturated carbocycles. The first-order chi connectivity index (χ1) is 17.9. The lowest BCUT2D eigenvalue weighted by atomic mass is 9.85. The van der Waals surface area contributed by atoms with Gasteiger partial charge < -0.3 is 14.0 Å². The number of benzene rings is 2. The Labute approximate surface area is 212 Å². The van der Waals surface area contributed by atoms with Gasteiger partial charge in [-0.25, -0.2) is 9.78 Å². The van der Waals surface area contributed by atoms with Crippen LogP contribution in [0.25, 0.3) is 22.3 Å². The molecule has 2 aromatic heterocycles. The molecule has 0 N–H and O–H groups in total. The second kappa shape index (κ2) is 8.45. The number of fused-ring (bicyclic) bond motifs is 5. The summed E-state index contributed by atoms with van der Waals surface area (Å²) in [5, 5.41) is 0.900. The fourth-order valence-electron chi connectivity index (χ4n) is 5.23. The summed E-state index contributed by atoms with van der Waals surface area (Å²) in [5.74, 6) is 5.27. The molecule has 37 heavy (non-hydrogen) atoms. The molecule has 0 radical (unpaired) electrons. The number of cyclic esters (lactones) is 1. The molecule has 0 bridgehead atoms. The van der Waals surface area contributed by atoms with Crippen LogP contribution in [0.15, 0.2) is 65.5 Å². The van der Waals surface area contributed by atoms with Gasteiger partial charge in [0.15, 0.2) is 0 Å². The van der Waals surface area contributed by atoms with Gasteiger partial charge in [0.1, 0.15) is 6.61 Å². The topological polar surface area (TPSA) is 87.5 Å². The van der Waals surface area contributed by atoms with Gasteiger partial charge in [-0.05, 0) is 30.7 Å². The number of aromatic nitrogens is 2.